The molecule has 0 bridgehead atoms. The molecule has 1 saturated carbocycles. The first kappa shape index (κ1) is 18.8. The van der Waals surface area contributed by atoms with Crippen LogP contribution >= 0.6 is 11.6 Å². The first-order valence-corrected chi connectivity index (χ1v) is 10.2. The Morgan fingerprint density at radius 2 is 2.03 bits per heavy atom. The third kappa shape index (κ3) is 2.89. The van der Waals surface area contributed by atoms with E-state index in [1.807, 2.05) is 41.8 Å². The molecule has 0 atom stereocenters. The number of hydrogen-bond acceptors (Lipinski definition) is 6. The second kappa shape index (κ2) is 7.25. The standard InChI is InChI=1S/C22H19ClN4O3/c1-3-29-22(28)17-18(26-30-19(17)13-9-10-13)15-12(2)27(14-7-5-4-6-8-14)21-16(15)20(23)24-11-25-21/h4-8,11,13H,3,9-10H2,1-2H3. The molecule has 8 heteroatoms. The molecule has 1 aromatic carbocycles. The van der Waals surface area contributed by atoms with Gasteiger partial charge >= 0.3 is 5.97 Å². The molecule has 0 aliphatic heterocycles. The number of fused-ring (bicyclic) bond motifs is 1. The Bertz CT molecular complexity index is 1260. The van der Waals surface area contributed by atoms with Crippen molar-refractivity contribution in [2.24, 2.45) is 0 Å². The van der Waals surface area contributed by atoms with Crippen LogP contribution in [0.1, 0.15) is 47.5 Å². The maximum atomic E-state index is 12.9. The Morgan fingerprint density at radius 1 is 1.27 bits per heavy atom. The normalized spacial score (nSPS) is 13.7. The fourth-order valence-electron chi connectivity index (χ4n) is 3.87. The minimum absolute atomic E-state index is 0.195. The van der Waals surface area contributed by atoms with Gasteiger partial charge in [0.25, 0.3) is 0 Å². The summed E-state index contributed by atoms with van der Waals surface area (Å²) in [7, 11) is 0. The first-order valence-electron chi connectivity index (χ1n) is 9.85. The lowest BCUT2D eigenvalue weighted by Crippen LogP contribution is -2.08. The van der Waals surface area contributed by atoms with Crippen LogP contribution < -0.4 is 0 Å². The molecular weight excluding hydrogens is 404 g/mol. The van der Waals surface area contributed by atoms with E-state index in [1.165, 1.54) is 6.33 Å². The smallest absolute Gasteiger partial charge is 0.344 e. The SMILES string of the molecule is CCOC(=O)c1c(-c2c(C)n(-c3ccccc3)c3ncnc(Cl)c23)noc1C1CC1. The van der Waals surface area contributed by atoms with Crippen LogP contribution in [0.3, 0.4) is 0 Å². The van der Waals surface area contributed by atoms with Crippen molar-refractivity contribution in [1.82, 2.24) is 19.7 Å². The summed E-state index contributed by atoms with van der Waals surface area (Å²) < 4.78 is 13.0. The molecule has 152 valence electrons. The highest BCUT2D eigenvalue weighted by molar-refractivity contribution is 6.35. The summed E-state index contributed by atoms with van der Waals surface area (Å²) in [4.78, 5) is 21.5. The molecule has 1 aliphatic carbocycles. The number of carbonyl (C=O) groups is 1. The van der Waals surface area contributed by atoms with E-state index >= 15 is 0 Å². The van der Waals surface area contributed by atoms with Crippen molar-refractivity contribution < 1.29 is 14.1 Å². The molecule has 3 aromatic heterocycles. The zero-order chi connectivity index (χ0) is 20.8. The van der Waals surface area contributed by atoms with E-state index in [0.717, 1.165) is 24.2 Å². The zero-order valence-electron chi connectivity index (χ0n) is 16.6. The van der Waals surface area contributed by atoms with Crippen LogP contribution in [0, 0.1) is 6.92 Å². The van der Waals surface area contributed by atoms with Crippen LogP contribution in [-0.4, -0.2) is 32.3 Å². The Morgan fingerprint density at radius 3 is 2.73 bits per heavy atom. The van der Waals surface area contributed by atoms with Gasteiger partial charge in [-0.2, -0.15) is 0 Å². The average molecular weight is 423 g/mol. The summed E-state index contributed by atoms with van der Waals surface area (Å²) in [5.41, 5.74) is 3.86. The van der Waals surface area contributed by atoms with Crippen molar-refractivity contribution in [2.75, 3.05) is 6.61 Å². The maximum Gasteiger partial charge on any atom is 0.344 e. The van der Waals surface area contributed by atoms with Crippen molar-refractivity contribution in [3.63, 3.8) is 0 Å². The number of carbonyl (C=O) groups excluding carboxylic acids is 1. The highest BCUT2D eigenvalue weighted by Gasteiger charge is 2.37. The van der Waals surface area contributed by atoms with E-state index in [4.69, 9.17) is 20.9 Å². The van der Waals surface area contributed by atoms with E-state index in [9.17, 15) is 4.79 Å². The van der Waals surface area contributed by atoms with Crippen LogP contribution in [0.5, 0.6) is 0 Å². The van der Waals surface area contributed by atoms with Gasteiger partial charge in [0.2, 0.25) is 0 Å². The van der Waals surface area contributed by atoms with Crippen LogP contribution in [-0.2, 0) is 4.74 Å². The summed E-state index contributed by atoms with van der Waals surface area (Å²) in [6.07, 6.45) is 3.36. The van der Waals surface area contributed by atoms with Gasteiger partial charge in [-0.1, -0.05) is 35.0 Å². The highest BCUT2D eigenvalue weighted by atomic mass is 35.5. The number of esters is 1. The Hall–Kier alpha value is -3.19. The molecule has 5 rings (SSSR count). The van der Waals surface area contributed by atoms with Gasteiger partial charge in [-0.25, -0.2) is 14.8 Å². The molecule has 0 amide bonds. The molecule has 0 spiro atoms. The number of nitrogens with zero attached hydrogens (tertiary/aromatic N) is 4. The molecule has 1 aliphatic rings. The Balaban J connectivity index is 1.83. The van der Waals surface area contributed by atoms with Crippen LogP contribution in [0.4, 0.5) is 0 Å². The minimum Gasteiger partial charge on any atom is -0.462 e. The fourth-order valence-corrected chi connectivity index (χ4v) is 4.10. The average Bonchev–Trinajstić information content (AvgIpc) is 3.42. The van der Waals surface area contributed by atoms with Crippen LogP contribution in [0.25, 0.3) is 28.0 Å². The lowest BCUT2D eigenvalue weighted by Gasteiger charge is -2.08. The topological polar surface area (TPSA) is 83.0 Å². The minimum atomic E-state index is -0.441. The highest BCUT2D eigenvalue weighted by Crippen LogP contribution is 2.46. The Labute approximate surface area is 177 Å². The van der Waals surface area contributed by atoms with Gasteiger partial charge in [-0.15, -0.1) is 0 Å². The lowest BCUT2D eigenvalue weighted by atomic mass is 10.0. The van der Waals surface area contributed by atoms with Crippen molar-refractivity contribution >= 4 is 28.6 Å². The quantitative estimate of drug-likeness (QED) is 0.329. The third-order valence-corrected chi connectivity index (χ3v) is 5.62. The predicted molar refractivity (Wildman–Crippen MR) is 112 cm³/mol. The van der Waals surface area contributed by atoms with Crippen molar-refractivity contribution in [2.45, 2.75) is 32.6 Å². The molecule has 3 heterocycles. The predicted octanol–water partition coefficient (Wildman–Crippen LogP) is 5.09. The van der Waals surface area contributed by atoms with Gasteiger partial charge in [-0.3, -0.25) is 4.57 Å². The zero-order valence-corrected chi connectivity index (χ0v) is 17.3. The molecular formula is C22H19ClN4O3. The fraction of sp³-hybridized carbons (Fsp3) is 0.273. The summed E-state index contributed by atoms with van der Waals surface area (Å²) in [5, 5.41) is 5.22. The summed E-state index contributed by atoms with van der Waals surface area (Å²) in [5.74, 6) is 0.334. The monoisotopic (exact) mass is 422 g/mol. The summed E-state index contributed by atoms with van der Waals surface area (Å²) >= 11 is 6.52. The number of para-hydroxylation sites is 1. The van der Waals surface area contributed by atoms with Crippen molar-refractivity contribution in [1.29, 1.82) is 0 Å². The maximum absolute atomic E-state index is 12.9. The van der Waals surface area contributed by atoms with E-state index in [1.54, 1.807) is 6.92 Å². The molecule has 7 nitrogen and oxygen atoms in total. The molecule has 0 radical (unpaired) electrons. The summed E-state index contributed by atoms with van der Waals surface area (Å²) in [6.45, 7) is 3.99. The van der Waals surface area contributed by atoms with E-state index in [2.05, 4.69) is 15.1 Å². The number of rotatable bonds is 5. The molecule has 30 heavy (non-hydrogen) atoms. The largest absolute Gasteiger partial charge is 0.462 e. The number of benzene rings is 1. The molecule has 0 unspecified atom stereocenters. The van der Waals surface area contributed by atoms with Crippen molar-refractivity contribution in [3.8, 4) is 16.9 Å². The van der Waals surface area contributed by atoms with E-state index < -0.39 is 5.97 Å². The molecule has 0 saturated heterocycles. The Kier molecular flexibility index (Phi) is 4.55. The second-order valence-electron chi connectivity index (χ2n) is 7.26. The van der Waals surface area contributed by atoms with Gasteiger partial charge in [0.1, 0.15) is 28.4 Å². The number of halogens is 1. The lowest BCUT2D eigenvalue weighted by molar-refractivity contribution is 0.0524. The molecule has 1 fully saturated rings. The van der Waals surface area contributed by atoms with Gasteiger partial charge in [0, 0.05) is 22.9 Å². The molecule has 0 N–H and O–H groups in total. The first-order chi connectivity index (χ1) is 14.6. The number of ether oxygens (including phenoxy) is 1. The van der Waals surface area contributed by atoms with Crippen LogP contribution in [0.15, 0.2) is 41.2 Å². The second-order valence-corrected chi connectivity index (χ2v) is 7.62. The van der Waals surface area contributed by atoms with Gasteiger partial charge in [0.15, 0.2) is 5.76 Å². The van der Waals surface area contributed by atoms with Gasteiger partial charge < -0.3 is 9.26 Å². The van der Waals surface area contributed by atoms with Gasteiger partial charge in [0.05, 0.1) is 12.0 Å². The number of hydrogen-bond donors (Lipinski definition) is 0. The summed E-state index contributed by atoms with van der Waals surface area (Å²) in [6, 6.07) is 9.82. The molecule has 4 aromatic rings. The van der Waals surface area contributed by atoms with Crippen LogP contribution in [0.2, 0.25) is 5.15 Å². The van der Waals surface area contributed by atoms with Crippen molar-refractivity contribution in [3.05, 3.63) is 58.8 Å². The third-order valence-electron chi connectivity index (χ3n) is 5.34. The van der Waals surface area contributed by atoms with Gasteiger partial charge in [-0.05, 0) is 38.8 Å². The van der Waals surface area contributed by atoms with E-state index in [-0.39, 0.29) is 12.5 Å². The van der Waals surface area contributed by atoms with E-state index in [0.29, 0.717) is 38.8 Å². The number of aromatic nitrogens is 4.